The molecule has 0 amide bonds. The topological polar surface area (TPSA) is 48.2 Å². The second-order valence-electron chi connectivity index (χ2n) is 3.64. The molecule has 74 valence electrons. The molecule has 1 N–H and O–H groups in total. The van der Waals surface area contributed by atoms with Crippen LogP contribution >= 0.6 is 0 Å². The van der Waals surface area contributed by atoms with Crippen molar-refractivity contribution in [1.29, 1.82) is 0 Å². The van der Waals surface area contributed by atoms with Crippen LogP contribution < -0.4 is 5.32 Å². The second-order valence-corrected chi connectivity index (χ2v) is 3.64. The summed E-state index contributed by atoms with van der Waals surface area (Å²) in [5.74, 6) is 0.126. The van der Waals surface area contributed by atoms with E-state index in [9.17, 15) is 4.79 Å². The van der Waals surface area contributed by atoms with Crippen molar-refractivity contribution in [3.8, 4) is 0 Å². The second kappa shape index (κ2) is 3.50. The Morgan fingerprint density at radius 3 is 2.92 bits per heavy atom. The molecule has 1 aliphatic heterocycles. The third kappa shape index (κ3) is 1.75. The number of hydrogen-bond donors (Lipinski definition) is 1. The highest BCUT2D eigenvalue weighted by atomic mass is 16.5. The molecule has 0 bridgehead atoms. The van der Waals surface area contributed by atoms with Crippen LogP contribution in [0, 0.1) is 5.92 Å². The van der Waals surface area contributed by atoms with E-state index >= 15 is 0 Å². The highest BCUT2D eigenvalue weighted by Crippen LogP contribution is 2.35. The Bertz CT molecular complexity index is 227. The monoisotopic (exact) mass is 183 g/mol. The lowest BCUT2D eigenvalue weighted by Gasteiger charge is -2.13. The molecule has 0 radical (unpaired) electrons. The summed E-state index contributed by atoms with van der Waals surface area (Å²) in [6, 6.07) is -0.152. The Balaban J connectivity index is 2.52. The molecule has 13 heavy (non-hydrogen) atoms. The van der Waals surface area contributed by atoms with E-state index in [1.807, 2.05) is 26.8 Å². The molecule has 0 aromatic heterocycles. The number of rotatable bonds is 4. The first-order valence-corrected chi connectivity index (χ1v) is 4.63. The number of ether oxygens (including phenoxy) is 1. The van der Waals surface area contributed by atoms with Gasteiger partial charge in [0.05, 0.1) is 6.61 Å². The summed E-state index contributed by atoms with van der Waals surface area (Å²) in [5.41, 5.74) is -0.145. The van der Waals surface area contributed by atoms with E-state index < -0.39 is 0 Å². The molecule has 3 nitrogen and oxygen atoms in total. The van der Waals surface area contributed by atoms with Crippen LogP contribution in [0.5, 0.6) is 0 Å². The predicted octanol–water partition coefficient (Wildman–Crippen LogP) is 1.10. The van der Waals surface area contributed by atoms with Gasteiger partial charge >= 0.3 is 5.97 Å². The minimum absolute atomic E-state index is 0.145. The summed E-state index contributed by atoms with van der Waals surface area (Å²) in [5, 5.41) is 3.13. The zero-order valence-electron chi connectivity index (χ0n) is 8.46. The lowest BCUT2D eigenvalue weighted by molar-refractivity contribution is -0.142. The smallest absolute Gasteiger partial charge is 0.325 e. The van der Waals surface area contributed by atoms with Gasteiger partial charge in [-0.2, -0.15) is 0 Å². The first-order chi connectivity index (χ1) is 6.06. The molecule has 3 atom stereocenters. The fraction of sp³-hybridized carbons (Fsp3) is 0.700. The molecule has 1 fully saturated rings. The van der Waals surface area contributed by atoms with Crippen LogP contribution in [-0.2, 0) is 9.53 Å². The molecule has 3 heteroatoms. The third-order valence-electron chi connectivity index (χ3n) is 2.79. The fourth-order valence-corrected chi connectivity index (χ4v) is 1.44. The van der Waals surface area contributed by atoms with Gasteiger partial charge in [-0.15, -0.1) is 6.58 Å². The number of esters is 1. The molecule has 1 rings (SSSR count). The normalized spacial score (nSPS) is 33.6. The lowest BCUT2D eigenvalue weighted by Crippen LogP contribution is -2.25. The van der Waals surface area contributed by atoms with Gasteiger partial charge in [0.1, 0.15) is 6.04 Å². The summed E-state index contributed by atoms with van der Waals surface area (Å²) in [6.07, 6.45) is 1.85. The molecule has 1 saturated heterocycles. The molecule has 1 heterocycles. The molecule has 0 aromatic rings. The van der Waals surface area contributed by atoms with E-state index in [1.165, 1.54) is 0 Å². The first-order valence-electron chi connectivity index (χ1n) is 4.63. The largest absolute Gasteiger partial charge is 0.465 e. The highest BCUT2D eigenvalue weighted by molar-refractivity contribution is 5.81. The van der Waals surface area contributed by atoms with Gasteiger partial charge in [-0.3, -0.25) is 10.1 Å². The van der Waals surface area contributed by atoms with Crippen molar-refractivity contribution < 1.29 is 9.53 Å². The maximum absolute atomic E-state index is 11.3. The zero-order valence-corrected chi connectivity index (χ0v) is 8.46. The van der Waals surface area contributed by atoms with E-state index in [1.54, 1.807) is 0 Å². The van der Waals surface area contributed by atoms with E-state index in [0.29, 0.717) is 6.61 Å². The van der Waals surface area contributed by atoms with Crippen LogP contribution in [0.3, 0.4) is 0 Å². The van der Waals surface area contributed by atoms with Gasteiger partial charge in [-0.25, -0.2) is 0 Å². The van der Waals surface area contributed by atoms with Crippen LogP contribution in [0.15, 0.2) is 12.7 Å². The van der Waals surface area contributed by atoms with Crippen molar-refractivity contribution in [3.63, 3.8) is 0 Å². The molecule has 0 aromatic carbocycles. The van der Waals surface area contributed by atoms with Gasteiger partial charge in [0.25, 0.3) is 0 Å². The van der Waals surface area contributed by atoms with Crippen LogP contribution in [0.25, 0.3) is 0 Å². The van der Waals surface area contributed by atoms with Crippen molar-refractivity contribution >= 4 is 5.97 Å². The average Bonchev–Trinajstić information content (AvgIpc) is 2.79. The van der Waals surface area contributed by atoms with Gasteiger partial charge in [-0.05, 0) is 19.8 Å². The minimum Gasteiger partial charge on any atom is -0.465 e. The van der Waals surface area contributed by atoms with Crippen molar-refractivity contribution in [1.82, 2.24) is 5.32 Å². The van der Waals surface area contributed by atoms with Crippen LogP contribution in [0.1, 0.15) is 20.8 Å². The van der Waals surface area contributed by atoms with Crippen LogP contribution in [0.2, 0.25) is 0 Å². The Labute approximate surface area is 79.2 Å². The standard InChI is InChI=1S/C10H17NO2/c1-5-7(3)10(4)8(11-10)9(12)13-6-2/h5,7-8,11H,1,6H2,2-4H3/t7?,8-,10-/m0/s1. The van der Waals surface area contributed by atoms with Gasteiger partial charge in [0, 0.05) is 5.54 Å². The van der Waals surface area contributed by atoms with Gasteiger partial charge in [0.15, 0.2) is 0 Å². The third-order valence-corrected chi connectivity index (χ3v) is 2.79. The Morgan fingerprint density at radius 1 is 1.85 bits per heavy atom. The fourth-order valence-electron chi connectivity index (χ4n) is 1.44. The van der Waals surface area contributed by atoms with Crippen molar-refractivity contribution in [3.05, 3.63) is 12.7 Å². The predicted molar refractivity (Wildman–Crippen MR) is 51.3 cm³/mol. The lowest BCUT2D eigenvalue weighted by atomic mass is 9.92. The molecule has 0 spiro atoms. The summed E-state index contributed by atoms with van der Waals surface area (Å²) in [4.78, 5) is 11.3. The van der Waals surface area contributed by atoms with E-state index in [2.05, 4.69) is 11.9 Å². The molecular formula is C10H17NO2. The maximum atomic E-state index is 11.3. The van der Waals surface area contributed by atoms with Crippen LogP contribution in [0.4, 0.5) is 0 Å². The zero-order chi connectivity index (χ0) is 10.1. The van der Waals surface area contributed by atoms with Gasteiger partial charge in [-0.1, -0.05) is 13.0 Å². The van der Waals surface area contributed by atoms with Gasteiger partial charge < -0.3 is 4.74 Å². The van der Waals surface area contributed by atoms with E-state index in [-0.39, 0.29) is 23.5 Å². The summed E-state index contributed by atoms with van der Waals surface area (Å²) in [6.45, 7) is 10.0. The number of carbonyl (C=O) groups excluding carboxylic acids is 1. The van der Waals surface area contributed by atoms with Crippen molar-refractivity contribution in [2.24, 2.45) is 5.92 Å². The molecule has 0 saturated carbocycles. The average molecular weight is 183 g/mol. The molecule has 1 unspecified atom stereocenters. The highest BCUT2D eigenvalue weighted by Gasteiger charge is 2.57. The van der Waals surface area contributed by atoms with Crippen molar-refractivity contribution in [2.75, 3.05) is 6.61 Å². The van der Waals surface area contributed by atoms with Crippen LogP contribution in [-0.4, -0.2) is 24.2 Å². The molecular weight excluding hydrogens is 166 g/mol. The SMILES string of the molecule is C=CC(C)[C@]1(C)N[C@H]1C(=O)OCC. The number of nitrogens with one attached hydrogen (secondary N) is 1. The Hall–Kier alpha value is -0.830. The van der Waals surface area contributed by atoms with Gasteiger partial charge in [0.2, 0.25) is 0 Å². The molecule has 1 aliphatic rings. The van der Waals surface area contributed by atoms with E-state index in [4.69, 9.17) is 4.74 Å². The van der Waals surface area contributed by atoms with Crippen molar-refractivity contribution in [2.45, 2.75) is 32.4 Å². The summed E-state index contributed by atoms with van der Waals surface area (Å²) in [7, 11) is 0. The van der Waals surface area contributed by atoms with E-state index in [0.717, 1.165) is 0 Å². The number of carbonyl (C=O) groups is 1. The minimum atomic E-state index is -0.154. The quantitative estimate of drug-likeness (QED) is 0.403. The Kier molecular flexibility index (Phi) is 2.76. The first kappa shape index (κ1) is 10.3. The summed E-state index contributed by atoms with van der Waals surface area (Å²) < 4.78 is 4.92. The molecule has 0 aliphatic carbocycles. The maximum Gasteiger partial charge on any atom is 0.325 e. The Morgan fingerprint density at radius 2 is 2.46 bits per heavy atom. The summed E-state index contributed by atoms with van der Waals surface area (Å²) >= 11 is 0. The number of hydrogen-bond acceptors (Lipinski definition) is 3.